The second-order valence-electron chi connectivity index (χ2n) is 0. The van der Waals surface area contributed by atoms with Crippen LogP contribution < -0.4 is 75.4 Å². The Morgan fingerprint density at radius 3 is 1.25 bits per heavy atom. The molecule has 0 heterocycles. The van der Waals surface area contributed by atoms with Crippen molar-refractivity contribution in [1.29, 1.82) is 0 Å². The summed E-state index contributed by atoms with van der Waals surface area (Å²) >= 11 is 2.42. The molecular formula is AgClIK. The molecule has 0 unspecified atom stereocenters. The van der Waals surface area contributed by atoms with Crippen LogP contribution in [0.15, 0.2) is 0 Å². The predicted molar refractivity (Wildman–Crippen MR) is 5.85 cm³/mol. The van der Waals surface area contributed by atoms with Gasteiger partial charge in [0, 0.05) is 0 Å². The van der Waals surface area contributed by atoms with Crippen LogP contribution in [-0.4, -0.2) is 0 Å². The van der Waals surface area contributed by atoms with Crippen LogP contribution in [0.5, 0.6) is 0 Å². The second-order valence-corrected chi connectivity index (χ2v) is 0. The van der Waals surface area contributed by atoms with Crippen molar-refractivity contribution in [2.24, 2.45) is 0 Å². The average Bonchev–Trinajstić information content (AvgIpc) is 1.00. The van der Waals surface area contributed by atoms with E-state index in [9.17, 15) is 0 Å². The Bertz CT molecular complexity index is 8.00. The molecule has 0 saturated heterocycles. The fourth-order valence-corrected chi connectivity index (χ4v) is 0. The van der Waals surface area contributed by atoms with Crippen molar-refractivity contribution in [3.8, 4) is 0 Å². The molecular weight excluding hydrogens is 309 g/mol. The molecule has 0 radical (unpaired) electrons. The molecule has 0 amide bonds. The van der Waals surface area contributed by atoms with Crippen molar-refractivity contribution < 1.29 is 95.3 Å². The molecule has 4 heteroatoms. The molecule has 0 aromatic carbocycles. The largest absolute Gasteiger partial charge is 1.00 e. The van der Waals surface area contributed by atoms with E-state index in [1.165, 1.54) is 0 Å². The maximum Gasteiger partial charge on any atom is 1.00 e. The SMILES string of the molecule is [Cl][Ag].[I-].[K+]. The molecule has 0 aromatic heterocycles. The van der Waals surface area contributed by atoms with Gasteiger partial charge in [0.15, 0.2) is 0 Å². The van der Waals surface area contributed by atoms with Gasteiger partial charge in [0.25, 0.3) is 0 Å². The van der Waals surface area contributed by atoms with Gasteiger partial charge in [-0.15, -0.1) is 0 Å². The van der Waals surface area contributed by atoms with Crippen molar-refractivity contribution in [1.82, 2.24) is 0 Å². The Hall–Kier alpha value is 3.40. The van der Waals surface area contributed by atoms with E-state index in [4.69, 9.17) is 0 Å². The summed E-state index contributed by atoms with van der Waals surface area (Å²) in [5.74, 6) is 0. The van der Waals surface area contributed by atoms with E-state index in [0.29, 0.717) is 0 Å². The Morgan fingerprint density at radius 1 is 1.25 bits per heavy atom. The summed E-state index contributed by atoms with van der Waals surface area (Å²) in [5.41, 5.74) is 0. The molecule has 0 aliphatic rings. The van der Waals surface area contributed by atoms with Crippen LogP contribution in [-0.2, 0) is 20.0 Å². The summed E-state index contributed by atoms with van der Waals surface area (Å²) in [6.45, 7) is 0. The van der Waals surface area contributed by atoms with E-state index in [-0.39, 0.29) is 75.4 Å². The van der Waals surface area contributed by atoms with Crippen molar-refractivity contribution in [3.63, 3.8) is 0 Å². The van der Waals surface area contributed by atoms with Crippen molar-refractivity contribution in [2.45, 2.75) is 0 Å². The number of halogens is 2. The molecule has 0 fully saturated rings. The molecule has 0 rings (SSSR count). The van der Waals surface area contributed by atoms with Crippen LogP contribution in [0.1, 0.15) is 0 Å². The molecule has 0 aliphatic heterocycles. The van der Waals surface area contributed by atoms with Gasteiger partial charge in [0.05, 0.1) is 0 Å². The maximum atomic E-state index is 4.45. The fraction of sp³-hybridized carbons (Fsp3) is 0. The average molecular weight is 309 g/mol. The number of rotatable bonds is 0. The molecule has 0 bridgehead atoms. The van der Waals surface area contributed by atoms with Crippen molar-refractivity contribution in [3.05, 3.63) is 0 Å². The summed E-state index contributed by atoms with van der Waals surface area (Å²) in [5, 5.41) is 0. The monoisotopic (exact) mass is 308 g/mol. The second kappa shape index (κ2) is 16.1. The van der Waals surface area contributed by atoms with Crippen molar-refractivity contribution in [2.75, 3.05) is 0 Å². The van der Waals surface area contributed by atoms with Gasteiger partial charge in [0.2, 0.25) is 0 Å². The molecule has 0 atom stereocenters. The molecule has 0 spiro atoms. The Kier molecular flexibility index (Phi) is 63.2. The van der Waals surface area contributed by atoms with Gasteiger partial charge in [0.1, 0.15) is 0 Å². The molecule has 4 heavy (non-hydrogen) atoms. The van der Waals surface area contributed by atoms with Crippen LogP contribution in [0.25, 0.3) is 0 Å². The molecule has 26 valence electrons. The minimum absolute atomic E-state index is 0. The summed E-state index contributed by atoms with van der Waals surface area (Å²) in [4.78, 5) is 0. The first kappa shape index (κ1) is 15.7. The van der Waals surface area contributed by atoms with Crippen LogP contribution in [0, 0.1) is 0 Å². The number of hydrogen-bond donors (Lipinski definition) is 0. The first-order valence-corrected chi connectivity index (χ1v) is 2.02. The Labute approximate surface area is 102 Å². The van der Waals surface area contributed by atoms with Gasteiger partial charge in [-0.3, -0.25) is 0 Å². The zero-order valence-corrected chi connectivity index (χ0v) is 9.58. The van der Waals surface area contributed by atoms with Crippen LogP contribution in [0.3, 0.4) is 0 Å². The van der Waals surface area contributed by atoms with E-state index < -0.39 is 0 Å². The van der Waals surface area contributed by atoms with E-state index in [2.05, 4.69) is 29.2 Å². The summed E-state index contributed by atoms with van der Waals surface area (Å²) in [6, 6.07) is 0. The van der Waals surface area contributed by atoms with Crippen LogP contribution in [0.2, 0.25) is 0 Å². The Morgan fingerprint density at radius 2 is 1.25 bits per heavy atom. The zero-order chi connectivity index (χ0) is 2.00. The summed E-state index contributed by atoms with van der Waals surface area (Å²) in [7, 11) is 4.45. The molecule has 0 N–H and O–H groups in total. The van der Waals surface area contributed by atoms with Gasteiger partial charge >= 0.3 is 80.6 Å². The smallest absolute Gasteiger partial charge is 1.00 e. The van der Waals surface area contributed by atoms with E-state index in [1.54, 1.807) is 0 Å². The predicted octanol–water partition coefficient (Wildman–Crippen LogP) is -5.30. The molecule has 0 nitrogen and oxygen atoms in total. The van der Waals surface area contributed by atoms with Crippen LogP contribution in [0.4, 0.5) is 0 Å². The molecule has 0 saturated carbocycles. The third-order valence-corrected chi connectivity index (χ3v) is 0. The van der Waals surface area contributed by atoms with Gasteiger partial charge in [-0.1, -0.05) is 0 Å². The first-order chi connectivity index (χ1) is 1.00. The van der Waals surface area contributed by atoms with E-state index in [0.717, 1.165) is 0 Å². The van der Waals surface area contributed by atoms with Gasteiger partial charge < -0.3 is 24.0 Å². The molecule has 0 aromatic rings. The third kappa shape index (κ3) is 9.04. The zero-order valence-electron chi connectivity index (χ0n) is 2.06. The van der Waals surface area contributed by atoms with Gasteiger partial charge in [-0.05, 0) is 0 Å². The minimum atomic E-state index is 0. The first-order valence-electron chi connectivity index (χ1n) is 0.114. The Balaban J connectivity index is -0.00000000500. The van der Waals surface area contributed by atoms with Gasteiger partial charge in [-0.2, -0.15) is 0 Å². The minimum Gasteiger partial charge on any atom is -1.00 e. The van der Waals surface area contributed by atoms with Gasteiger partial charge in [-0.25, -0.2) is 0 Å². The van der Waals surface area contributed by atoms with E-state index in [1.807, 2.05) is 0 Å². The van der Waals surface area contributed by atoms with Crippen molar-refractivity contribution >= 4 is 9.19 Å². The topological polar surface area (TPSA) is 0 Å². The summed E-state index contributed by atoms with van der Waals surface area (Å²) in [6.07, 6.45) is 0. The standard InChI is InChI=1S/Ag.ClH.HI.K/h;2*1H;/q+1;;;+1/p-2. The quantitative estimate of drug-likeness (QED) is 0.310. The van der Waals surface area contributed by atoms with E-state index >= 15 is 0 Å². The fourth-order valence-electron chi connectivity index (χ4n) is 0. The number of hydrogen-bond acceptors (Lipinski definition) is 0. The molecule has 0 aliphatic carbocycles. The van der Waals surface area contributed by atoms with Crippen LogP contribution >= 0.6 is 9.19 Å². The summed E-state index contributed by atoms with van der Waals surface area (Å²) < 4.78 is 0. The normalized spacial score (nSPS) is 1.75. The maximum absolute atomic E-state index is 4.45. The third-order valence-electron chi connectivity index (χ3n) is 0.